The minimum absolute atomic E-state index is 0.600. The lowest BCUT2D eigenvalue weighted by Gasteiger charge is -2.15. The lowest BCUT2D eigenvalue weighted by Crippen LogP contribution is -2.12. The molecule has 0 saturated heterocycles. The van der Waals surface area contributed by atoms with E-state index in [-0.39, 0.29) is 0 Å². The maximum atomic E-state index is 4.71. The molecule has 1 aliphatic rings. The molecule has 4 nitrogen and oxygen atoms in total. The normalized spacial score (nSPS) is 17.0. The first-order valence-electron chi connectivity index (χ1n) is 7.91. The van der Waals surface area contributed by atoms with Gasteiger partial charge in [-0.3, -0.25) is 14.7 Å². The van der Waals surface area contributed by atoms with Crippen molar-refractivity contribution in [1.29, 1.82) is 0 Å². The minimum atomic E-state index is 0.600. The number of hydrogen-bond acceptors (Lipinski definition) is 3. The summed E-state index contributed by atoms with van der Waals surface area (Å²) in [5.74, 6) is 0.600. The molecule has 4 heteroatoms. The highest BCUT2D eigenvalue weighted by Crippen LogP contribution is 2.21. The van der Waals surface area contributed by atoms with Gasteiger partial charge in [0, 0.05) is 37.2 Å². The topological polar surface area (TPSA) is 43.1 Å². The Morgan fingerprint density at radius 2 is 2.23 bits per heavy atom. The number of aromatic nitrogens is 3. The number of allylic oxidation sites excluding steroid dienone is 1. The quantitative estimate of drug-likeness (QED) is 0.864. The second kappa shape index (κ2) is 6.69. The van der Waals surface area contributed by atoms with E-state index in [4.69, 9.17) is 4.99 Å². The van der Waals surface area contributed by atoms with E-state index in [9.17, 15) is 0 Å². The highest BCUT2D eigenvalue weighted by atomic mass is 15.3. The van der Waals surface area contributed by atoms with Gasteiger partial charge in [-0.15, -0.1) is 0 Å². The second-order valence-corrected chi connectivity index (χ2v) is 6.10. The Bertz CT molecular complexity index is 680. The van der Waals surface area contributed by atoms with Crippen LogP contribution in [0, 0.1) is 5.92 Å². The molecule has 0 unspecified atom stereocenters. The number of pyridine rings is 1. The third-order valence-corrected chi connectivity index (χ3v) is 3.65. The highest BCUT2D eigenvalue weighted by molar-refractivity contribution is 6.15. The van der Waals surface area contributed by atoms with Crippen molar-refractivity contribution in [3.63, 3.8) is 0 Å². The first-order chi connectivity index (χ1) is 10.7. The van der Waals surface area contributed by atoms with Gasteiger partial charge in [-0.1, -0.05) is 13.8 Å². The zero-order valence-corrected chi connectivity index (χ0v) is 13.2. The first-order valence-corrected chi connectivity index (χ1v) is 7.91. The molecule has 0 saturated carbocycles. The third-order valence-electron chi connectivity index (χ3n) is 3.65. The maximum absolute atomic E-state index is 4.71. The molecule has 0 N–H and O–H groups in total. The van der Waals surface area contributed by atoms with Gasteiger partial charge in [-0.2, -0.15) is 5.10 Å². The van der Waals surface area contributed by atoms with Gasteiger partial charge in [0.05, 0.1) is 11.4 Å². The monoisotopic (exact) mass is 294 g/mol. The van der Waals surface area contributed by atoms with E-state index < -0.39 is 0 Å². The zero-order chi connectivity index (χ0) is 15.4. The Morgan fingerprint density at radius 3 is 3.00 bits per heavy atom. The summed E-state index contributed by atoms with van der Waals surface area (Å²) in [4.78, 5) is 8.92. The molecule has 2 aromatic rings. The van der Waals surface area contributed by atoms with Crippen LogP contribution >= 0.6 is 0 Å². The average Bonchev–Trinajstić information content (AvgIpc) is 2.95. The summed E-state index contributed by atoms with van der Waals surface area (Å²) in [5.41, 5.74) is 4.43. The highest BCUT2D eigenvalue weighted by Gasteiger charge is 2.14. The van der Waals surface area contributed by atoms with Crippen LogP contribution in [0.4, 0.5) is 0 Å². The average molecular weight is 294 g/mol. The summed E-state index contributed by atoms with van der Waals surface area (Å²) in [7, 11) is 0. The van der Waals surface area contributed by atoms with E-state index >= 15 is 0 Å². The number of hydrogen-bond donors (Lipinski definition) is 0. The van der Waals surface area contributed by atoms with Gasteiger partial charge >= 0.3 is 0 Å². The van der Waals surface area contributed by atoms with Crippen LogP contribution in [-0.4, -0.2) is 27.0 Å². The largest absolute Gasteiger partial charge is 0.284 e. The molecule has 0 bridgehead atoms. The first kappa shape index (κ1) is 14.7. The van der Waals surface area contributed by atoms with Crippen LogP contribution < -0.4 is 0 Å². The molecule has 3 rings (SSSR count). The van der Waals surface area contributed by atoms with Gasteiger partial charge < -0.3 is 0 Å². The van der Waals surface area contributed by atoms with Crippen molar-refractivity contribution in [3.05, 3.63) is 53.6 Å². The predicted octanol–water partition coefficient (Wildman–Crippen LogP) is 3.60. The Kier molecular flexibility index (Phi) is 4.47. The molecular formula is C18H22N4. The Balaban J connectivity index is 1.87. The summed E-state index contributed by atoms with van der Waals surface area (Å²) < 4.78 is 2.01. The zero-order valence-electron chi connectivity index (χ0n) is 13.2. The van der Waals surface area contributed by atoms with Crippen molar-refractivity contribution in [1.82, 2.24) is 14.8 Å². The van der Waals surface area contributed by atoms with Crippen molar-refractivity contribution in [2.75, 3.05) is 6.54 Å². The summed E-state index contributed by atoms with van der Waals surface area (Å²) in [6.45, 7) is 6.25. The van der Waals surface area contributed by atoms with Gasteiger partial charge in [0.25, 0.3) is 0 Å². The molecule has 0 aromatic carbocycles. The van der Waals surface area contributed by atoms with Gasteiger partial charge in [0.1, 0.15) is 0 Å². The summed E-state index contributed by atoms with van der Waals surface area (Å²) in [5, 5.41) is 4.64. The van der Waals surface area contributed by atoms with Gasteiger partial charge in [-0.25, -0.2) is 0 Å². The van der Waals surface area contributed by atoms with Crippen molar-refractivity contribution >= 4 is 11.8 Å². The molecule has 0 aliphatic carbocycles. The minimum Gasteiger partial charge on any atom is -0.284 e. The van der Waals surface area contributed by atoms with E-state index in [2.05, 4.69) is 48.3 Å². The van der Waals surface area contributed by atoms with Crippen LogP contribution in [0.1, 0.15) is 37.9 Å². The molecule has 1 aliphatic heterocycles. The Labute approximate surface area is 131 Å². The van der Waals surface area contributed by atoms with Crippen LogP contribution in [0.25, 0.3) is 6.08 Å². The fraction of sp³-hybridized carbons (Fsp3) is 0.389. The van der Waals surface area contributed by atoms with Gasteiger partial charge in [0.2, 0.25) is 0 Å². The van der Waals surface area contributed by atoms with Crippen molar-refractivity contribution in [2.45, 2.75) is 33.2 Å². The van der Waals surface area contributed by atoms with Gasteiger partial charge in [-0.05, 0) is 48.6 Å². The molecule has 0 fully saturated rings. The summed E-state index contributed by atoms with van der Waals surface area (Å²) in [6, 6.07) is 6.11. The van der Waals surface area contributed by atoms with Crippen LogP contribution in [0.15, 0.2) is 47.4 Å². The molecule has 3 heterocycles. The number of rotatable bonds is 4. The Morgan fingerprint density at radius 1 is 1.32 bits per heavy atom. The van der Waals surface area contributed by atoms with Crippen LogP contribution in [0.5, 0.6) is 0 Å². The van der Waals surface area contributed by atoms with E-state index in [1.165, 1.54) is 5.57 Å². The van der Waals surface area contributed by atoms with Crippen molar-refractivity contribution in [3.8, 4) is 0 Å². The molecule has 114 valence electrons. The second-order valence-electron chi connectivity index (χ2n) is 6.10. The summed E-state index contributed by atoms with van der Waals surface area (Å²) in [6.07, 6.45) is 10.0. The van der Waals surface area contributed by atoms with Crippen LogP contribution in [0.2, 0.25) is 0 Å². The lowest BCUT2D eigenvalue weighted by atomic mass is 9.96. The molecule has 22 heavy (non-hydrogen) atoms. The molecule has 0 amide bonds. The molecule has 0 atom stereocenters. The Hall–Kier alpha value is -2.23. The van der Waals surface area contributed by atoms with E-state index in [0.29, 0.717) is 5.92 Å². The molecule has 2 aromatic heterocycles. The lowest BCUT2D eigenvalue weighted by molar-refractivity contribution is 0.482. The smallest absolute Gasteiger partial charge is 0.0854 e. The van der Waals surface area contributed by atoms with E-state index in [1.54, 1.807) is 6.20 Å². The van der Waals surface area contributed by atoms with Crippen LogP contribution in [-0.2, 0) is 6.54 Å². The number of aliphatic imine (C=N–C) groups is 1. The molecule has 0 spiro atoms. The SMILES string of the molecule is CC(C)Cn1ccc(/C=C2\CCCN=C2c2cccnc2)n1. The van der Waals surface area contributed by atoms with E-state index in [0.717, 1.165) is 42.9 Å². The standard InChI is InChI=1S/C18H22N4/c1-14(2)13-22-10-7-17(21-22)11-15-5-4-9-20-18(15)16-6-3-8-19-12-16/h3,6-8,10-12,14H,4-5,9,13H2,1-2H3/b15-11+. The van der Waals surface area contributed by atoms with Crippen molar-refractivity contribution < 1.29 is 0 Å². The number of nitrogens with zero attached hydrogens (tertiary/aromatic N) is 4. The fourth-order valence-corrected chi connectivity index (χ4v) is 2.71. The van der Waals surface area contributed by atoms with Crippen LogP contribution in [0.3, 0.4) is 0 Å². The fourth-order valence-electron chi connectivity index (χ4n) is 2.71. The predicted molar refractivity (Wildman–Crippen MR) is 89.9 cm³/mol. The summed E-state index contributed by atoms with van der Waals surface area (Å²) >= 11 is 0. The molecule has 0 radical (unpaired) electrons. The van der Waals surface area contributed by atoms with Crippen molar-refractivity contribution in [2.24, 2.45) is 10.9 Å². The van der Waals surface area contributed by atoms with Gasteiger partial charge in [0.15, 0.2) is 0 Å². The third kappa shape index (κ3) is 3.50. The molecular weight excluding hydrogens is 272 g/mol. The maximum Gasteiger partial charge on any atom is 0.0854 e. The van der Waals surface area contributed by atoms with E-state index in [1.807, 2.05) is 16.9 Å².